The lowest BCUT2D eigenvalue weighted by Crippen LogP contribution is -2.42. The number of ether oxygens (including phenoxy) is 2. The molecule has 13 heavy (non-hydrogen) atoms. The summed E-state index contributed by atoms with van der Waals surface area (Å²) in [7, 11) is 0. The fourth-order valence-corrected chi connectivity index (χ4v) is 2.26. The molecule has 76 valence electrons. The van der Waals surface area contributed by atoms with E-state index < -0.39 is 0 Å². The predicted octanol–water partition coefficient (Wildman–Crippen LogP) is 0.964. The maximum Gasteiger partial charge on any atom is 0.168 e. The monoisotopic (exact) mass is 204 g/mol. The minimum Gasteiger partial charge on any atom is -0.395 e. The Balaban J connectivity index is 1.95. The molecular weight excluding hydrogens is 188 g/mol. The van der Waals surface area contributed by atoms with Crippen molar-refractivity contribution >= 4 is 12.6 Å². The van der Waals surface area contributed by atoms with Crippen molar-refractivity contribution < 1.29 is 14.6 Å². The molecule has 1 N–H and O–H groups in total. The normalized spacial score (nSPS) is 30.9. The lowest BCUT2D eigenvalue weighted by atomic mass is 9.85. The summed E-state index contributed by atoms with van der Waals surface area (Å²) in [6, 6.07) is 0. The maximum atomic E-state index is 9.12. The fourth-order valence-electron chi connectivity index (χ4n) is 2.04. The molecule has 0 radical (unpaired) electrons. The number of rotatable bonds is 1. The van der Waals surface area contributed by atoms with E-state index in [0.717, 1.165) is 25.7 Å². The molecule has 1 heterocycles. The molecule has 2 fully saturated rings. The Kier molecular flexibility index (Phi) is 2.57. The van der Waals surface area contributed by atoms with Crippen molar-refractivity contribution in [3.05, 3.63) is 0 Å². The van der Waals surface area contributed by atoms with Crippen LogP contribution in [0.15, 0.2) is 0 Å². The highest BCUT2D eigenvalue weighted by atomic mass is 32.1. The molecule has 2 aliphatic rings. The average Bonchev–Trinajstić information content (AvgIpc) is 2.61. The summed E-state index contributed by atoms with van der Waals surface area (Å²) in [4.78, 5) is 0. The van der Waals surface area contributed by atoms with Crippen LogP contribution in [0.2, 0.25) is 0 Å². The molecule has 3 nitrogen and oxygen atoms in total. The van der Waals surface area contributed by atoms with Crippen molar-refractivity contribution in [3.8, 4) is 0 Å². The summed E-state index contributed by atoms with van der Waals surface area (Å²) in [6.07, 6.45) is 3.45. The van der Waals surface area contributed by atoms with Gasteiger partial charge in [0.25, 0.3) is 0 Å². The van der Waals surface area contributed by atoms with E-state index in [-0.39, 0.29) is 17.1 Å². The van der Waals surface area contributed by atoms with Gasteiger partial charge >= 0.3 is 0 Å². The zero-order valence-corrected chi connectivity index (χ0v) is 8.56. The van der Waals surface area contributed by atoms with Crippen LogP contribution >= 0.6 is 12.6 Å². The molecule has 1 aliphatic heterocycles. The van der Waals surface area contributed by atoms with Crippen LogP contribution < -0.4 is 0 Å². The van der Waals surface area contributed by atoms with Crippen LogP contribution in [0.3, 0.4) is 0 Å². The predicted molar refractivity (Wildman–Crippen MR) is 51.9 cm³/mol. The van der Waals surface area contributed by atoms with Gasteiger partial charge in [-0.2, -0.15) is 12.6 Å². The largest absolute Gasteiger partial charge is 0.395 e. The minimum absolute atomic E-state index is 0.145. The second-order valence-electron chi connectivity index (χ2n) is 3.99. The zero-order chi connectivity index (χ0) is 9.36. The van der Waals surface area contributed by atoms with Crippen LogP contribution in [-0.2, 0) is 9.47 Å². The molecule has 2 rings (SSSR count). The second-order valence-corrected chi connectivity index (χ2v) is 4.94. The van der Waals surface area contributed by atoms with Gasteiger partial charge in [0, 0.05) is 17.6 Å². The van der Waals surface area contributed by atoms with Gasteiger partial charge in [0.2, 0.25) is 0 Å². The molecule has 0 aromatic rings. The van der Waals surface area contributed by atoms with Crippen LogP contribution in [0, 0.1) is 0 Å². The lowest BCUT2D eigenvalue weighted by molar-refractivity contribution is -0.181. The van der Waals surface area contributed by atoms with Crippen LogP contribution in [-0.4, -0.2) is 35.5 Å². The van der Waals surface area contributed by atoms with E-state index in [2.05, 4.69) is 12.6 Å². The van der Waals surface area contributed by atoms with Crippen molar-refractivity contribution in [2.45, 2.75) is 36.2 Å². The van der Waals surface area contributed by atoms with Gasteiger partial charge in [0.05, 0.1) is 19.8 Å². The highest BCUT2D eigenvalue weighted by Crippen LogP contribution is 2.42. The third-order valence-corrected chi connectivity index (χ3v) is 3.64. The number of hydrogen-bond acceptors (Lipinski definition) is 4. The molecule has 0 amide bonds. The van der Waals surface area contributed by atoms with Crippen molar-refractivity contribution in [3.63, 3.8) is 0 Å². The molecule has 1 aliphatic carbocycles. The molecule has 1 spiro atoms. The second kappa shape index (κ2) is 3.42. The van der Waals surface area contributed by atoms with Crippen LogP contribution in [0.25, 0.3) is 0 Å². The van der Waals surface area contributed by atoms with Crippen molar-refractivity contribution in [2.24, 2.45) is 0 Å². The standard InChI is InChI=1S/C9H16O3S/c10-7-8(13)1-3-9(4-2-8)11-5-6-12-9/h10,13H,1-7H2. The summed E-state index contributed by atoms with van der Waals surface area (Å²) in [6.45, 7) is 1.56. The van der Waals surface area contributed by atoms with Gasteiger partial charge in [-0.15, -0.1) is 0 Å². The molecule has 0 bridgehead atoms. The quantitative estimate of drug-likeness (QED) is 0.625. The molecule has 0 aromatic heterocycles. The average molecular weight is 204 g/mol. The van der Waals surface area contributed by atoms with Crippen molar-refractivity contribution in [1.29, 1.82) is 0 Å². The van der Waals surface area contributed by atoms with E-state index in [1.54, 1.807) is 0 Å². The third kappa shape index (κ3) is 1.86. The fraction of sp³-hybridized carbons (Fsp3) is 1.00. The molecular formula is C9H16O3S. The van der Waals surface area contributed by atoms with Crippen LogP contribution in [0.5, 0.6) is 0 Å². The molecule has 1 saturated carbocycles. The Hall–Kier alpha value is 0.230. The Morgan fingerprint density at radius 3 is 2.08 bits per heavy atom. The summed E-state index contributed by atoms with van der Waals surface area (Å²) in [5.41, 5.74) is 0. The summed E-state index contributed by atoms with van der Waals surface area (Å²) in [5.74, 6) is -0.332. The lowest BCUT2D eigenvalue weighted by Gasteiger charge is -2.39. The van der Waals surface area contributed by atoms with E-state index in [9.17, 15) is 0 Å². The highest BCUT2D eigenvalue weighted by Gasteiger charge is 2.44. The van der Waals surface area contributed by atoms with Gasteiger partial charge in [-0.25, -0.2) is 0 Å². The van der Waals surface area contributed by atoms with Crippen molar-refractivity contribution in [1.82, 2.24) is 0 Å². The number of aliphatic hydroxyl groups excluding tert-OH is 1. The first-order chi connectivity index (χ1) is 6.18. The van der Waals surface area contributed by atoms with Crippen molar-refractivity contribution in [2.75, 3.05) is 19.8 Å². The van der Waals surface area contributed by atoms with E-state index >= 15 is 0 Å². The van der Waals surface area contributed by atoms with E-state index in [1.165, 1.54) is 0 Å². The summed E-state index contributed by atoms with van der Waals surface area (Å²) < 4.78 is 11.0. The minimum atomic E-state index is -0.332. The Morgan fingerprint density at radius 2 is 1.62 bits per heavy atom. The third-order valence-electron chi connectivity index (χ3n) is 3.05. The molecule has 0 aromatic carbocycles. The topological polar surface area (TPSA) is 38.7 Å². The van der Waals surface area contributed by atoms with E-state index in [4.69, 9.17) is 14.6 Å². The van der Waals surface area contributed by atoms with Gasteiger partial charge in [-0.1, -0.05) is 0 Å². The number of hydrogen-bond donors (Lipinski definition) is 2. The Bertz CT molecular complexity index is 179. The highest BCUT2D eigenvalue weighted by molar-refractivity contribution is 7.81. The number of aliphatic hydroxyl groups is 1. The zero-order valence-electron chi connectivity index (χ0n) is 7.66. The van der Waals surface area contributed by atoms with E-state index in [1.807, 2.05) is 0 Å². The maximum absolute atomic E-state index is 9.12. The van der Waals surface area contributed by atoms with Crippen LogP contribution in [0.4, 0.5) is 0 Å². The SMILES string of the molecule is OCC1(S)CCC2(CC1)OCCO2. The van der Waals surface area contributed by atoms with Gasteiger partial charge < -0.3 is 14.6 Å². The first-order valence-corrected chi connectivity index (χ1v) is 5.24. The first-order valence-electron chi connectivity index (χ1n) is 4.79. The molecule has 1 saturated heterocycles. The Labute approximate surface area is 83.8 Å². The van der Waals surface area contributed by atoms with Crippen LogP contribution in [0.1, 0.15) is 25.7 Å². The molecule has 4 heteroatoms. The smallest absolute Gasteiger partial charge is 0.168 e. The summed E-state index contributed by atoms with van der Waals surface area (Å²) in [5, 5.41) is 9.12. The number of thiol groups is 1. The molecule has 0 unspecified atom stereocenters. The van der Waals surface area contributed by atoms with Gasteiger partial charge in [-0.3, -0.25) is 0 Å². The molecule has 0 atom stereocenters. The first kappa shape index (κ1) is 9.77. The summed E-state index contributed by atoms with van der Waals surface area (Å²) >= 11 is 4.46. The van der Waals surface area contributed by atoms with Gasteiger partial charge in [-0.05, 0) is 12.8 Å². The Morgan fingerprint density at radius 1 is 1.08 bits per heavy atom. The van der Waals surface area contributed by atoms with Gasteiger partial charge in [0.1, 0.15) is 0 Å². The van der Waals surface area contributed by atoms with E-state index in [0.29, 0.717) is 13.2 Å². The van der Waals surface area contributed by atoms with Gasteiger partial charge in [0.15, 0.2) is 5.79 Å².